The molecule has 0 bridgehead atoms. The van der Waals surface area contributed by atoms with E-state index in [1.165, 1.54) is 48.2 Å². The van der Waals surface area contributed by atoms with Crippen molar-refractivity contribution in [2.24, 2.45) is 0 Å². The topological polar surface area (TPSA) is 46.8 Å². The molecule has 1 fully saturated rings. The average molecular weight is 333 g/mol. The Bertz CT molecular complexity index is 915. The van der Waals surface area contributed by atoms with Crippen molar-refractivity contribution in [3.63, 3.8) is 0 Å². The predicted molar refractivity (Wildman–Crippen MR) is 97.5 cm³/mol. The Hall–Kier alpha value is -2.27. The van der Waals surface area contributed by atoms with E-state index in [1.807, 2.05) is 25.4 Å². The lowest BCUT2D eigenvalue weighted by atomic mass is 9.98. The van der Waals surface area contributed by atoms with Crippen LogP contribution in [0.5, 0.6) is 0 Å². The molecule has 2 aliphatic heterocycles. The Morgan fingerprint density at radius 1 is 1.20 bits per heavy atom. The van der Waals surface area contributed by atoms with Crippen LogP contribution < -0.4 is 0 Å². The average Bonchev–Trinajstić information content (AvgIpc) is 3.22. The molecule has 25 heavy (non-hydrogen) atoms. The van der Waals surface area contributed by atoms with Gasteiger partial charge in [-0.2, -0.15) is 0 Å². The number of aryl methyl sites for hydroxylation is 3. The summed E-state index contributed by atoms with van der Waals surface area (Å²) >= 11 is 0. The van der Waals surface area contributed by atoms with E-state index in [0.717, 1.165) is 30.9 Å². The molecule has 5 rings (SSSR count). The van der Waals surface area contributed by atoms with Crippen LogP contribution in [-0.2, 0) is 19.4 Å². The van der Waals surface area contributed by atoms with E-state index in [9.17, 15) is 0 Å². The number of hydrogen-bond donors (Lipinski definition) is 0. The highest BCUT2D eigenvalue weighted by Gasteiger charge is 2.35. The molecule has 0 radical (unpaired) electrons. The van der Waals surface area contributed by atoms with Crippen molar-refractivity contribution in [3.8, 4) is 0 Å². The number of rotatable bonds is 3. The maximum Gasteiger partial charge on any atom is 0.126 e. The smallest absolute Gasteiger partial charge is 0.126 e. The molecule has 0 aliphatic carbocycles. The lowest BCUT2D eigenvalue weighted by molar-refractivity contribution is 0.241. The van der Waals surface area contributed by atoms with E-state index in [0.29, 0.717) is 6.04 Å². The predicted octanol–water partition coefficient (Wildman–Crippen LogP) is 3.07. The first kappa shape index (κ1) is 15.0. The molecular weight excluding hydrogens is 310 g/mol. The normalized spacial score (nSPS) is 20.0. The van der Waals surface area contributed by atoms with E-state index in [-0.39, 0.29) is 0 Å². The third-order valence-corrected chi connectivity index (χ3v) is 5.72. The summed E-state index contributed by atoms with van der Waals surface area (Å²) in [7, 11) is 0. The monoisotopic (exact) mass is 333 g/mol. The van der Waals surface area contributed by atoms with E-state index < -0.39 is 0 Å². The lowest BCUT2D eigenvalue weighted by Gasteiger charge is -2.30. The van der Waals surface area contributed by atoms with Gasteiger partial charge in [-0.1, -0.05) is 6.07 Å². The number of fused-ring (bicyclic) bond motifs is 5. The van der Waals surface area contributed by atoms with Gasteiger partial charge in [-0.3, -0.25) is 9.88 Å². The summed E-state index contributed by atoms with van der Waals surface area (Å²) in [5.41, 5.74) is 6.48. The zero-order valence-corrected chi connectivity index (χ0v) is 14.6. The van der Waals surface area contributed by atoms with Gasteiger partial charge in [0.05, 0.1) is 17.2 Å². The minimum Gasteiger partial charge on any atom is -0.341 e. The summed E-state index contributed by atoms with van der Waals surface area (Å²) in [4.78, 5) is 16.5. The Balaban J connectivity index is 1.61. The van der Waals surface area contributed by atoms with Gasteiger partial charge in [-0.25, -0.2) is 9.97 Å². The molecule has 1 unspecified atom stereocenters. The molecular formula is C20H23N5. The largest absolute Gasteiger partial charge is 0.341 e. The number of hydrogen-bond acceptors (Lipinski definition) is 4. The fourth-order valence-electron chi connectivity index (χ4n) is 4.60. The molecule has 3 aromatic rings. The molecule has 3 aromatic heterocycles. The maximum atomic E-state index is 4.85. The van der Waals surface area contributed by atoms with E-state index in [2.05, 4.69) is 31.6 Å². The number of nitrogens with zero attached hydrogens (tertiary/aromatic N) is 5. The quantitative estimate of drug-likeness (QED) is 0.739. The van der Waals surface area contributed by atoms with Crippen LogP contribution >= 0.6 is 0 Å². The van der Waals surface area contributed by atoms with E-state index in [4.69, 9.17) is 4.98 Å². The van der Waals surface area contributed by atoms with Crippen LogP contribution in [0.3, 0.4) is 0 Å². The Morgan fingerprint density at radius 2 is 2.16 bits per heavy atom. The minimum absolute atomic E-state index is 0.552. The summed E-state index contributed by atoms with van der Waals surface area (Å²) in [6.07, 6.45) is 8.52. The van der Waals surface area contributed by atoms with Crippen molar-refractivity contribution >= 4 is 11.0 Å². The molecule has 0 N–H and O–H groups in total. The molecule has 128 valence electrons. The van der Waals surface area contributed by atoms with Crippen LogP contribution in [0.4, 0.5) is 0 Å². The van der Waals surface area contributed by atoms with Crippen molar-refractivity contribution < 1.29 is 0 Å². The third-order valence-electron chi connectivity index (χ3n) is 5.72. The van der Waals surface area contributed by atoms with E-state index in [1.54, 1.807) is 0 Å². The zero-order chi connectivity index (χ0) is 16.8. The summed E-state index contributed by atoms with van der Waals surface area (Å²) in [5, 5.41) is 0. The first-order valence-electron chi connectivity index (χ1n) is 9.30. The van der Waals surface area contributed by atoms with Gasteiger partial charge >= 0.3 is 0 Å². The highest BCUT2D eigenvalue weighted by atomic mass is 15.2. The molecule has 0 spiro atoms. The summed E-state index contributed by atoms with van der Waals surface area (Å²) in [6.45, 7) is 5.34. The summed E-state index contributed by atoms with van der Waals surface area (Å²) < 4.78 is 2.47. The molecule has 1 atom stereocenters. The molecule has 5 heteroatoms. The van der Waals surface area contributed by atoms with Gasteiger partial charge in [-0.15, -0.1) is 0 Å². The van der Waals surface area contributed by atoms with Crippen LogP contribution in [-0.4, -0.2) is 37.5 Å². The van der Waals surface area contributed by atoms with Crippen LogP contribution in [0.15, 0.2) is 30.6 Å². The highest BCUT2D eigenvalue weighted by molar-refractivity contribution is 5.82. The van der Waals surface area contributed by atoms with Gasteiger partial charge in [0.1, 0.15) is 5.82 Å². The van der Waals surface area contributed by atoms with Gasteiger partial charge in [0.2, 0.25) is 0 Å². The van der Waals surface area contributed by atoms with E-state index >= 15 is 0 Å². The molecule has 0 aromatic carbocycles. The van der Waals surface area contributed by atoms with Gasteiger partial charge in [0.15, 0.2) is 0 Å². The SMILES string of the molecule is Cc1ncc2c(n1)c1c(n2CCc2ccccn2)CCN2CCCC12. The zero-order valence-electron chi connectivity index (χ0n) is 14.6. The second-order valence-electron chi connectivity index (χ2n) is 7.18. The lowest BCUT2D eigenvalue weighted by Crippen LogP contribution is -2.31. The van der Waals surface area contributed by atoms with Crippen molar-refractivity contribution in [3.05, 3.63) is 53.4 Å². The molecule has 0 amide bonds. The van der Waals surface area contributed by atoms with Crippen molar-refractivity contribution in [2.45, 2.75) is 45.2 Å². The standard InChI is InChI=1S/C20H23N5/c1-14-22-13-18-20(23-14)19-16-6-4-10-24(16)11-8-17(19)25(18)12-7-15-5-2-3-9-21-15/h2-3,5,9,13,16H,4,6-8,10-12H2,1H3. The van der Waals surface area contributed by atoms with Crippen molar-refractivity contribution in [2.75, 3.05) is 13.1 Å². The van der Waals surface area contributed by atoms with Crippen LogP contribution in [0, 0.1) is 6.92 Å². The molecule has 0 saturated carbocycles. The minimum atomic E-state index is 0.552. The van der Waals surface area contributed by atoms with Gasteiger partial charge in [-0.05, 0) is 38.4 Å². The fourth-order valence-corrected chi connectivity index (χ4v) is 4.60. The molecule has 1 saturated heterocycles. The van der Waals surface area contributed by atoms with Crippen LogP contribution in [0.1, 0.15) is 41.7 Å². The molecule has 5 nitrogen and oxygen atoms in total. The van der Waals surface area contributed by atoms with Crippen molar-refractivity contribution in [1.82, 2.24) is 24.4 Å². The second kappa shape index (κ2) is 5.92. The molecule has 5 heterocycles. The fraction of sp³-hybridized carbons (Fsp3) is 0.450. The highest BCUT2D eigenvalue weighted by Crippen LogP contribution is 2.42. The first-order valence-corrected chi connectivity index (χ1v) is 9.30. The Labute approximate surface area is 147 Å². The van der Waals surface area contributed by atoms with Gasteiger partial charge in [0, 0.05) is 55.1 Å². The van der Waals surface area contributed by atoms with Crippen molar-refractivity contribution in [1.29, 1.82) is 0 Å². The number of pyridine rings is 1. The number of aromatic nitrogens is 4. The van der Waals surface area contributed by atoms with Gasteiger partial charge in [0.25, 0.3) is 0 Å². The maximum absolute atomic E-state index is 4.85. The second-order valence-corrected chi connectivity index (χ2v) is 7.18. The van der Waals surface area contributed by atoms with Gasteiger partial charge < -0.3 is 4.57 Å². The van der Waals surface area contributed by atoms with Crippen LogP contribution in [0.25, 0.3) is 11.0 Å². The molecule has 2 aliphatic rings. The Kier molecular flexibility index (Phi) is 3.55. The summed E-state index contributed by atoms with van der Waals surface area (Å²) in [5.74, 6) is 0.868. The first-order chi connectivity index (χ1) is 12.3. The summed E-state index contributed by atoms with van der Waals surface area (Å²) in [6, 6.07) is 6.70. The van der Waals surface area contributed by atoms with Crippen LogP contribution in [0.2, 0.25) is 0 Å². The third kappa shape index (κ3) is 2.45. The Morgan fingerprint density at radius 3 is 3.04 bits per heavy atom.